The van der Waals surface area contributed by atoms with E-state index in [2.05, 4.69) is 19.1 Å². The predicted octanol–water partition coefficient (Wildman–Crippen LogP) is 7.25. The van der Waals surface area contributed by atoms with Crippen LogP contribution in [0.1, 0.15) is 96.8 Å². The standard InChI is InChI=1S/C21H41ClO2/c1-2-3-4-5-6-10-13-16-19-23-21-24-20-17-14-11-8-7-9-12-15-18-22/h11,14H,2-10,12-13,15-21H2,1H3. The number of rotatable bonds is 20. The maximum Gasteiger partial charge on any atom is 0.146 e. The monoisotopic (exact) mass is 360 g/mol. The smallest absolute Gasteiger partial charge is 0.146 e. The molecular formula is C21H41ClO2. The molecule has 0 spiro atoms. The van der Waals surface area contributed by atoms with Crippen molar-refractivity contribution in [3.05, 3.63) is 12.2 Å². The number of allylic oxidation sites excluding steroid dienone is 1. The van der Waals surface area contributed by atoms with Gasteiger partial charge in [0.2, 0.25) is 0 Å². The van der Waals surface area contributed by atoms with E-state index in [1.165, 1.54) is 77.0 Å². The van der Waals surface area contributed by atoms with Crippen LogP contribution in [-0.4, -0.2) is 25.9 Å². The van der Waals surface area contributed by atoms with Gasteiger partial charge in [-0.1, -0.05) is 76.9 Å². The van der Waals surface area contributed by atoms with Crippen molar-refractivity contribution in [2.75, 3.05) is 25.9 Å². The second kappa shape index (κ2) is 22.9. The first-order valence-corrected chi connectivity index (χ1v) is 10.8. The van der Waals surface area contributed by atoms with Gasteiger partial charge in [0, 0.05) is 12.5 Å². The lowest BCUT2D eigenvalue weighted by molar-refractivity contribution is -0.0531. The minimum atomic E-state index is 0.447. The van der Waals surface area contributed by atoms with Crippen LogP contribution in [0.2, 0.25) is 0 Å². The minimum absolute atomic E-state index is 0.447. The molecule has 0 radical (unpaired) electrons. The Balaban J connectivity index is 3.02. The summed E-state index contributed by atoms with van der Waals surface area (Å²) >= 11 is 5.65. The third-order valence-corrected chi connectivity index (χ3v) is 4.43. The largest absolute Gasteiger partial charge is 0.355 e. The van der Waals surface area contributed by atoms with E-state index in [0.717, 1.165) is 31.9 Å². The number of alkyl halides is 1. The fourth-order valence-corrected chi connectivity index (χ4v) is 2.80. The number of hydrogen-bond donors (Lipinski definition) is 0. The second-order valence-electron chi connectivity index (χ2n) is 6.56. The van der Waals surface area contributed by atoms with Crippen molar-refractivity contribution in [2.24, 2.45) is 0 Å². The van der Waals surface area contributed by atoms with Crippen molar-refractivity contribution in [3.8, 4) is 0 Å². The summed E-state index contributed by atoms with van der Waals surface area (Å²) in [6.45, 7) is 4.32. The molecule has 0 fully saturated rings. The lowest BCUT2D eigenvalue weighted by Crippen LogP contribution is -2.02. The molecule has 0 aromatic heterocycles. The van der Waals surface area contributed by atoms with Gasteiger partial charge in [-0.2, -0.15) is 0 Å². The fourth-order valence-electron chi connectivity index (χ4n) is 2.61. The second-order valence-corrected chi connectivity index (χ2v) is 6.94. The summed E-state index contributed by atoms with van der Waals surface area (Å²) in [6, 6.07) is 0. The van der Waals surface area contributed by atoms with Gasteiger partial charge in [0.05, 0.1) is 6.61 Å². The van der Waals surface area contributed by atoms with Gasteiger partial charge in [0.1, 0.15) is 6.79 Å². The summed E-state index contributed by atoms with van der Waals surface area (Å²) in [6.07, 6.45) is 22.4. The first-order valence-electron chi connectivity index (χ1n) is 10.3. The third-order valence-electron chi connectivity index (χ3n) is 4.16. The zero-order valence-corrected chi connectivity index (χ0v) is 16.8. The summed E-state index contributed by atoms with van der Waals surface area (Å²) in [5, 5.41) is 0. The van der Waals surface area contributed by atoms with Crippen LogP contribution in [0.3, 0.4) is 0 Å². The molecule has 0 N–H and O–H groups in total. The van der Waals surface area contributed by atoms with Crippen LogP contribution in [0, 0.1) is 0 Å². The molecule has 0 bridgehead atoms. The van der Waals surface area contributed by atoms with E-state index in [1.807, 2.05) is 0 Å². The molecule has 0 saturated heterocycles. The van der Waals surface area contributed by atoms with Gasteiger partial charge in [-0.3, -0.25) is 0 Å². The van der Waals surface area contributed by atoms with E-state index in [1.54, 1.807) is 0 Å². The topological polar surface area (TPSA) is 18.5 Å². The Morgan fingerprint density at radius 2 is 1.21 bits per heavy atom. The number of halogens is 1. The molecule has 0 aliphatic heterocycles. The molecule has 2 nitrogen and oxygen atoms in total. The number of hydrogen-bond acceptors (Lipinski definition) is 2. The highest BCUT2D eigenvalue weighted by atomic mass is 35.5. The molecule has 0 heterocycles. The Bertz CT molecular complexity index is 244. The van der Waals surface area contributed by atoms with Crippen LogP contribution >= 0.6 is 11.6 Å². The van der Waals surface area contributed by atoms with E-state index in [0.29, 0.717) is 6.79 Å². The van der Waals surface area contributed by atoms with Gasteiger partial charge >= 0.3 is 0 Å². The molecule has 0 aliphatic rings. The highest BCUT2D eigenvalue weighted by molar-refractivity contribution is 6.17. The summed E-state index contributed by atoms with van der Waals surface area (Å²) < 4.78 is 11.0. The van der Waals surface area contributed by atoms with Crippen molar-refractivity contribution in [1.29, 1.82) is 0 Å². The van der Waals surface area contributed by atoms with Crippen LogP contribution < -0.4 is 0 Å². The quantitative estimate of drug-likeness (QED) is 0.0984. The zero-order chi connectivity index (χ0) is 17.6. The van der Waals surface area contributed by atoms with Crippen molar-refractivity contribution in [1.82, 2.24) is 0 Å². The third kappa shape index (κ3) is 21.9. The average Bonchev–Trinajstić information content (AvgIpc) is 2.60. The molecule has 3 heteroatoms. The summed E-state index contributed by atoms with van der Waals surface area (Å²) in [5.74, 6) is 0.800. The summed E-state index contributed by atoms with van der Waals surface area (Å²) in [4.78, 5) is 0. The van der Waals surface area contributed by atoms with Gasteiger partial charge in [0.25, 0.3) is 0 Å². The normalized spacial score (nSPS) is 11.6. The van der Waals surface area contributed by atoms with Crippen LogP contribution in [-0.2, 0) is 9.47 Å². The highest BCUT2D eigenvalue weighted by Gasteiger charge is 1.93. The van der Waals surface area contributed by atoms with Gasteiger partial charge in [-0.05, 0) is 32.1 Å². The molecular weight excluding hydrogens is 320 g/mol. The first kappa shape index (κ1) is 23.9. The molecule has 0 saturated carbocycles. The molecule has 0 unspecified atom stereocenters. The van der Waals surface area contributed by atoms with Gasteiger partial charge in [0.15, 0.2) is 0 Å². The molecule has 0 amide bonds. The molecule has 24 heavy (non-hydrogen) atoms. The fraction of sp³-hybridized carbons (Fsp3) is 0.905. The van der Waals surface area contributed by atoms with Crippen LogP contribution in [0.15, 0.2) is 12.2 Å². The molecule has 0 atom stereocenters. The lowest BCUT2D eigenvalue weighted by Gasteiger charge is -2.05. The maximum absolute atomic E-state index is 5.65. The van der Waals surface area contributed by atoms with Crippen molar-refractivity contribution >= 4 is 11.6 Å². The maximum atomic E-state index is 5.65. The van der Waals surface area contributed by atoms with E-state index in [9.17, 15) is 0 Å². The summed E-state index contributed by atoms with van der Waals surface area (Å²) in [5.41, 5.74) is 0. The minimum Gasteiger partial charge on any atom is -0.355 e. The van der Waals surface area contributed by atoms with Gasteiger partial charge in [-0.25, -0.2) is 0 Å². The molecule has 0 rings (SSSR count). The van der Waals surface area contributed by atoms with Gasteiger partial charge < -0.3 is 9.47 Å². The van der Waals surface area contributed by atoms with Crippen molar-refractivity contribution < 1.29 is 9.47 Å². The molecule has 144 valence electrons. The van der Waals surface area contributed by atoms with Crippen molar-refractivity contribution in [3.63, 3.8) is 0 Å². The summed E-state index contributed by atoms with van der Waals surface area (Å²) in [7, 11) is 0. The Morgan fingerprint density at radius 1 is 0.625 bits per heavy atom. The number of unbranched alkanes of at least 4 members (excludes halogenated alkanes) is 11. The molecule has 0 aromatic carbocycles. The lowest BCUT2D eigenvalue weighted by atomic mass is 10.1. The molecule has 0 aromatic rings. The Hall–Kier alpha value is -0.0500. The molecule has 0 aliphatic carbocycles. The van der Waals surface area contributed by atoms with Crippen LogP contribution in [0.4, 0.5) is 0 Å². The van der Waals surface area contributed by atoms with Crippen LogP contribution in [0.25, 0.3) is 0 Å². The predicted molar refractivity (Wildman–Crippen MR) is 107 cm³/mol. The average molecular weight is 361 g/mol. The zero-order valence-electron chi connectivity index (χ0n) is 16.1. The van der Waals surface area contributed by atoms with Gasteiger partial charge in [-0.15, -0.1) is 11.6 Å². The SMILES string of the molecule is CCCCCCCCCCOCOCCC=CCCCCCCCl. The van der Waals surface area contributed by atoms with E-state index in [4.69, 9.17) is 21.1 Å². The van der Waals surface area contributed by atoms with E-state index in [-0.39, 0.29) is 0 Å². The van der Waals surface area contributed by atoms with Crippen molar-refractivity contribution in [2.45, 2.75) is 96.8 Å². The Kier molecular flexibility index (Phi) is 22.9. The Morgan fingerprint density at radius 3 is 1.96 bits per heavy atom. The number of ether oxygens (including phenoxy) is 2. The Labute approximate surface area is 156 Å². The first-order chi connectivity index (χ1) is 11.9. The van der Waals surface area contributed by atoms with Crippen LogP contribution in [0.5, 0.6) is 0 Å². The van der Waals surface area contributed by atoms with E-state index < -0.39 is 0 Å². The highest BCUT2D eigenvalue weighted by Crippen LogP contribution is 2.08. The van der Waals surface area contributed by atoms with E-state index >= 15 is 0 Å².